The van der Waals surface area contributed by atoms with Crippen LogP contribution in [-0.2, 0) is 4.74 Å². The van der Waals surface area contributed by atoms with E-state index in [2.05, 4.69) is 43.9 Å². The van der Waals surface area contributed by atoms with Crippen molar-refractivity contribution >= 4 is 29.1 Å². The normalized spacial score (nSPS) is 15.7. The van der Waals surface area contributed by atoms with E-state index in [0.29, 0.717) is 29.8 Å². The molecular weight excluding hydrogens is 414 g/mol. The second kappa shape index (κ2) is 13.7. The van der Waals surface area contributed by atoms with Crippen LogP contribution in [-0.4, -0.2) is 46.7 Å². The maximum Gasteiger partial charge on any atom is 0.242 e. The number of carbonyl (C=O) groups excluding carboxylic acids is 1. The maximum atomic E-state index is 10.6. The van der Waals surface area contributed by atoms with Crippen molar-refractivity contribution in [3.05, 3.63) is 52.7 Å². The first-order valence-electron chi connectivity index (χ1n) is 9.58. The first-order valence-corrected chi connectivity index (χ1v) is 10.5. The number of hydrogen-bond acceptors (Lipinski definition) is 8. The van der Waals surface area contributed by atoms with E-state index in [-0.39, 0.29) is 0 Å². The van der Waals surface area contributed by atoms with E-state index in [1.54, 1.807) is 31.7 Å². The Hall–Kier alpha value is -3.48. The number of nitrogens with zero attached hydrogens (tertiary/aromatic N) is 3. The van der Waals surface area contributed by atoms with Gasteiger partial charge >= 0.3 is 0 Å². The van der Waals surface area contributed by atoms with Gasteiger partial charge in [0.2, 0.25) is 5.95 Å². The largest absolute Gasteiger partial charge is 0.461 e. The van der Waals surface area contributed by atoms with Gasteiger partial charge in [-0.05, 0) is 31.9 Å². The third-order valence-corrected chi connectivity index (χ3v) is 4.63. The summed E-state index contributed by atoms with van der Waals surface area (Å²) < 4.78 is 10.5. The Balaban J connectivity index is 0.000000201. The fourth-order valence-electron chi connectivity index (χ4n) is 2.37. The molecule has 0 radical (unpaired) electrons. The number of thiazole rings is 1. The third-order valence-electron chi connectivity index (χ3n) is 3.72. The molecular formula is C22H25N5O3S. The number of carbonyl (C=O) groups is 1. The average molecular weight is 440 g/mol. The zero-order valence-electron chi connectivity index (χ0n) is 17.5. The molecule has 9 heteroatoms. The van der Waals surface area contributed by atoms with Gasteiger partial charge in [-0.2, -0.15) is 4.98 Å². The Bertz CT molecular complexity index is 1010. The number of terminal acetylenes is 1. The Labute approximate surface area is 185 Å². The molecule has 0 saturated carbocycles. The van der Waals surface area contributed by atoms with Crippen LogP contribution in [0.1, 0.15) is 35.3 Å². The Morgan fingerprint density at radius 3 is 2.87 bits per heavy atom. The van der Waals surface area contributed by atoms with Crippen LogP contribution in [0.2, 0.25) is 0 Å². The van der Waals surface area contributed by atoms with Crippen LogP contribution in [0.5, 0.6) is 0 Å². The fourth-order valence-corrected chi connectivity index (χ4v) is 3.15. The highest BCUT2D eigenvalue weighted by Crippen LogP contribution is 2.21. The van der Waals surface area contributed by atoms with Gasteiger partial charge in [0.15, 0.2) is 17.9 Å². The van der Waals surface area contributed by atoms with Gasteiger partial charge in [0.1, 0.15) is 10.7 Å². The molecule has 0 fully saturated rings. The molecule has 0 aromatic carbocycles. The average Bonchev–Trinajstić information content (AvgIpc) is 3.56. The molecule has 0 amide bonds. The van der Waals surface area contributed by atoms with E-state index >= 15 is 0 Å². The van der Waals surface area contributed by atoms with E-state index < -0.39 is 0 Å². The van der Waals surface area contributed by atoms with Crippen LogP contribution < -0.4 is 5.32 Å². The minimum absolute atomic E-state index is 0.505. The van der Waals surface area contributed by atoms with Gasteiger partial charge < -0.3 is 14.5 Å². The van der Waals surface area contributed by atoms with Gasteiger partial charge in [-0.3, -0.25) is 9.89 Å². The summed E-state index contributed by atoms with van der Waals surface area (Å²) in [7, 11) is 1.76. The van der Waals surface area contributed by atoms with E-state index in [4.69, 9.17) is 9.15 Å². The van der Waals surface area contributed by atoms with Crippen molar-refractivity contribution in [1.29, 1.82) is 0 Å². The predicted octanol–water partition coefficient (Wildman–Crippen LogP) is 4.45. The highest BCUT2D eigenvalue weighted by atomic mass is 32.1. The van der Waals surface area contributed by atoms with Gasteiger partial charge in [0.05, 0.1) is 12.9 Å². The van der Waals surface area contributed by atoms with Crippen LogP contribution >= 0.6 is 11.3 Å². The lowest BCUT2D eigenvalue weighted by molar-refractivity contribution is 0.111. The molecule has 0 spiro atoms. The lowest BCUT2D eigenvalue weighted by atomic mass is 10.2. The van der Waals surface area contributed by atoms with E-state index in [1.165, 1.54) is 11.3 Å². The number of furan rings is 1. The van der Waals surface area contributed by atoms with Gasteiger partial charge in [0, 0.05) is 24.6 Å². The van der Waals surface area contributed by atoms with Gasteiger partial charge in [-0.25, -0.2) is 4.98 Å². The Morgan fingerprint density at radius 2 is 2.23 bits per heavy atom. The van der Waals surface area contributed by atoms with Crippen molar-refractivity contribution in [3.63, 3.8) is 0 Å². The number of aromatic amines is 1. The van der Waals surface area contributed by atoms with Crippen LogP contribution in [0.3, 0.4) is 0 Å². The minimum atomic E-state index is 0.505. The monoisotopic (exact) mass is 439 g/mol. The molecule has 0 saturated heterocycles. The number of H-pyrrole nitrogens is 1. The van der Waals surface area contributed by atoms with Crippen LogP contribution in [0, 0.1) is 12.3 Å². The number of nitrogens with one attached hydrogen (secondary N) is 2. The number of aldehydes is 1. The van der Waals surface area contributed by atoms with E-state index in [0.717, 1.165) is 36.3 Å². The molecule has 8 nitrogen and oxygen atoms in total. The van der Waals surface area contributed by atoms with Gasteiger partial charge in [-0.1, -0.05) is 18.2 Å². The van der Waals surface area contributed by atoms with Crippen molar-refractivity contribution in [1.82, 2.24) is 20.2 Å². The molecule has 31 heavy (non-hydrogen) atoms. The van der Waals surface area contributed by atoms with Crippen LogP contribution in [0.4, 0.5) is 5.95 Å². The zero-order valence-corrected chi connectivity index (χ0v) is 18.3. The van der Waals surface area contributed by atoms with E-state index in [1.807, 2.05) is 18.2 Å². The summed E-state index contributed by atoms with van der Waals surface area (Å²) in [5, 5.41) is 12.1. The molecule has 0 bridgehead atoms. The fraction of sp³-hybridized carbons (Fsp3) is 0.273. The molecule has 0 aliphatic carbocycles. The lowest BCUT2D eigenvalue weighted by Gasteiger charge is -1.96. The summed E-state index contributed by atoms with van der Waals surface area (Å²) in [6.07, 6.45) is 15.1. The summed E-state index contributed by atoms with van der Waals surface area (Å²) >= 11 is 1.50. The van der Waals surface area contributed by atoms with Gasteiger partial charge in [0.25, 0.3) is 0 Å². The summed E-state index contributed by atoms with van der Waals surface area (Å²) in [5.74, 6) is 4.12. The lowest BCUT2D eigenvalue weighted by Crippen LogP contribution is -1.91. The second-order valence-electron chi connectivity index (χ2n) is 6.00. The number of ether oxygens (including phenoxy) is 1. The topological polar surface area (TPSA) is 106 Å². The van der Waals surface area contributed by atoms with Crippen molar-refractivity contribution in [2.45, 2.75) is 19.8 Å². The van der Waals surface area contributed by atoms with Crippen molar-refractivity contribution in [2.24, 2.45) is 0 Å². The number of hydrogen-bond donors (Lipinski definition) is 2. The highest BCUT2D eigenvalue weighted by Gasteiger charge is 2.06. The SMILES string of the molecule is C#CC.CNc1n[nH]c(-c2ccco2)n1.O=Cc1csc(C2=C/CCCOC/C=C\2)n1. The second-order valence-corrected chi connectivity index (χ2v) is 6.86. The van der Waals surface area contributed by atoms with Crippen LogP contribution in [0.15, 0.2) is 46.4 Å². The third kappa shape index (κ3) is 8.04. The van der Waals surface area contributed by atoms with Crippen LogP contribution in [0.25, 0.3) is 17.2 Å². The van der Waals surface area contributed by atoms with Crippen molar-refractivity contribution in [3.8, 4) is 23.9 Å². The number of rotatable bonds is 4. The Kier molecular flexibility index (Phi) is 10.5. The molecule has 3 aromatic heterocycles. The first kappa shape index (κ1) is 23.8. The number of allylic oxidation sites excluding steroid dienone is 3. The quantitative estimate of drug-likeness (QED) is 0.457. The van der Waals surface area contributed by atoms with Crippen molar-refractivity contribution < 1.29 is 13.9 Å². The summed E-state index contributed by atoms with van der Waals surface area (Å²) in [5.41, 5.74) is 1.59. The molecule has 2 N–H and O–H groups in total. The summed E-state index contributed by atoms with van der Waals surface area (Å²) in [4.78, 5) is 18.9. The smallest absolute Gasteiger partial charge is 0.242 e. The zero-order chi connectivity index (χ0) is 22.3. The first-order chi connectivity index (χ1) is 15.2. The molecule has 0 unspecified atom stereocenters. The van der Waals surface area contributed by atoms with E-state index in [9.17, 15) is 4.79 Å². The Morgan fingerprint density at radius 1 is 1.39 bits per heavy atom. The summed E-state index contributed by atoms with van der Waals surface area (Å²) in [6, 6.07) is 3.62. The predicted molar refractivity (Wildman–Crippen MR) is 123 cm³/mol. The van der Waals surface area contributed by atoms with Gasteiger partial charge in [-0.15, -0.1) is 28.8 Å². The standard InChI is InChI=1S/C12H13NO2S.C7H8N4O.C3H4/c14-8-11-9-16-12(13-11)10-4-1-2-6-15-7-3-5-10;1-8-7-9-6(10-11-7)5-3-2-4-12-5;1-3-2/h3-5,8-9H,1-2,6-7H2;2-4H,1H3,(H2,8,9,10,11);1H,2H3/b5-3-,10-4+;;. The molecule has 4 rings (SSSR count). The summed E-state index contributed by atoms with van der Waals surface area (Å²) in [6.45, 7) is 3.09. The number of aromatic nitrogens is 4. The highest BCUT2D eigenvalue weighted by molar-refractivity contribution is 7.11. The van der Waals surface area contributed by atoms with Crippen molar-refractivity contribution in [2.75, 3.05) is 25.6 Å². The molecule has 3 aromatic rings. The molecule has 1 aliphatic heterocycles. The maximum absolute atomic E-state index is 10.6. The minimum Gasteiger partial charge on any atom is -0.461 e. The molecule has 0 atom stereocenters. The molecule has 4 heterocycles. The number of anilines is 1. The molecule has 1 aliphatic rings. The molecule has 162 valence electrons.